The van der Waals surface area contributed by atoms with Gasteiger partial charge in [-0.2, -0.15) is 0 Å². The van der Waals surface area contributed by atoms with Crippen LogP contribution in [0.2, 0.25) is 0 Å². The second-order valence-electron chi connectivity index (χ2n) is 6.58. The molecule has 2 aliphatic rings. The molecule has 4 rings (SSSR count). The molecule has 0 spiro atoms. The molecule has 1 aromatic heterocycles. The number of rotatable bonds is 2. The SMILES string of the molecule is CS(=O)(=O)C1CCC(C2c3ccccc3-c3cncn32)CC1. The minimum atomic E-state index is -2.90. The number of aromatic nitrogens is 2. The molecule has 1 saturated carbocycles. The van der Waals surface area contributed by atoms with Crippen molar-refractivity contribution in [3.05, 3.63) is 42.4 Å². The van der Waals surface area contributed by atoms with Crippen LogP contribution >= 0.6 is 0 Å². The van der Waals surface area contributed by atoms with E-state index >= 15 is 0 Å². The fraction of sp³-hybridized carbons (Fsp3) is 0.471. The van der Waals surface area contributed by atoms with Gasteiger partial charge in [-0.25, -0.2) is 13.4 Å². The molecule has 0 radical (unpaired) electrons. The van der Waals surface area contributed by atoms with Crippen molar-refractivity contribution in [2.75, 3.05) is 6.26 Å². The van der Waals surface area contributed by atoms with Gasteiger partial charge < -0.3 is 4.57 Å². The Hall–Kier alpha value is -1.62. The summed E-state index contributed by atoms with van der Waals surface area (Å²) in [6.07, 6.45) is 8.72. The van der Waals surface area contributed by atoms with Crippen molar-refractivity contribution in [1.82, 2.24) is 9.55 Å². The van der Waals surface area contributed by atoms with Crippen LogP contribution in [-0.2, 0) is 9.84 Å². The summed E-state index contributed by atoms with van der Waals surface area (Å²) in [4.78, 5) is 4.31. The van der Waals surface area contributed by atoms with E-state index in [9.17, 15) is 8.42 Å². The number of sulfone groups is 1. The quantitative estimate of drug-likeness (QED) is 0.855. The molecular formula is C17H20N2O2S. The van der Waals surface area contributed by atoms with Crippen molar-refractivity contribution in [2.45, 2.75) is 37.0 Å². The molecule has 4 nitrogen and oxygen atoms in total. The second-order valence-corrected chi connectivity index (χ2v) is 8.91. The fourth-order valence-corrected chi connectivity index (χ4v) is 5.31. The lowest BCUT2D eigenvalue weighted by atomic mass is 9.81. The Morgan fingerprint density at radius 2 is 1.86 bits per heavy atom. The maximum absolute atomic E-state index is 11.8. The third kappa shape index (κ3) is 2.10. The first kappa shape index (κ1) is 14.0. The molecule has 0 bridgehead atoms. The number of hydrogen-bond acceptors (Lipinski definition) is 3. The van der Waals surface area contributed by atoms with Gasteiger partial charge >= 0.3 is 0 Å². The minimum Gasteiger partial charge on any atom is -0.323 e. The van der Waals surface area contributed by atoms with Gasteiger partial charge in [0.2, 0.25) is 0 Å². The van der Waals surface area contributed by atoms with Crippen LogP contribution in [0.3, 0.4) is 0 Å². The van der Waals surface area contributed by atoms with Crippen LogP contribution in [0.5, 0.6) is 0 Å². The van der Waals surface area contributed by atoms with Crippen LogP contribution in [0, 0.1) is 5.92 Å². The smallest absolute Gasteiger partial charge is 0.150 e. The van der Waals surface area contributed by atoms with E-state index in [0.717, 1.165) is 25.7 Å². The molecule has 1 aromatic carbocycles. The average Bonchev–Trinajstić information content (AvgIpc) is 3.07. The summed E-state index contributed by atoms with van der Waals surface area (Å²) in [5.74, 6) is 0.495. The van der Waals surface area contributed by atoms with Gasteiger partial charge in [0.05, 0.1) is 29.5 Å². The Balaban J connectivity index is 1.65. The van der Waals surface area contributed by atoms with E-state index in [4.69, 9.17) is 0 Å². The predicted molar refractivity (Wildman–Crippen MR) is 86.4 cm³/mol. The Labute approximate surface area is 131 Å². The Bertz CT molecular complexity index is 802. The van der Waals surface area contributed by atoms with Gasteiger partial charge in [-0.05, 0) is 37.2 Å². The fourth-order valence-electron chi connectivity index (χ4n) is 4.19. The van der Waals surface area contributed by atoms with Gasteiger partial charge in [0.1, 0.15) is 9.84 Å². The lowest BCUT2D eigenvalue weighted by Gasteiger charge is -2.32. The first-order valence-corrected chi connectivity index (χ1v) is 9.81. The highest BCUT2D eigenvalue weighted by atomic mass is 32.2. The van der Waals surface area contributed by atoms with Crippen LogP contribution in [0.15, 0.2) is 36.8 Å². The summed E-state index contributed by atoms with van der Waals surface area (Å²) in [6.45, 7) is 0. The standard InChI is InChI=1S/C17H20N2O2S/c1-22(20,21)13-8-6-12(7-9-13)17-15-5-3-2-4-14(15)16-10-18-11-19(16)17/h2-5,10-13,17H,6-9H2,1H3. The lowest BCUT2D eigenvalue weighted by Crippen LogP contribution is -2.29. The molecule has 1 atom stereocenters. The predicted octanol–water partition coefficient (Wildman–Crippen LogP) is 3.06. The molecule has 2 aromatic rings. The average molecular weight is 316 g/mol. The number of nitrogens with zero attached hydrogens (tertiary/aromatic N) is 2. The summed E-state index contributed by atoms with van der Waals surface area (Å²) in [6, 6.07) is 8.84. The van der Waals surface area contributed by atoms with Gasteiger partial charge in [0.15, 0.2) is 0 Å². The van der Waals surface area contributed by atoms with Crippen molar-refractivity contribution in [3.63, 3.8) is 0 Å². The van der Waals surface area contributed by atoms with Crippen molar-refractivity contribution in [3.8, 4) is 11.3 Å². The maximum Gasteiger partial charge on any atom is 0.150 e. The molecule has 1 unspecified atom stereocenters. The van der Waals surface area contributed by atoms with E-state index in [1.165, 1.54) is 23.1 Å². The van der Waals surface area contributed by atoms with E-state index in [2.05, 4.69) is 33.8 Å². The highest BCUT2D eigenvalue weighted by molar-refractivity contribution is 7.91. The van der Waals surface area contributed by atoms with Crippen molar-refractivity contribution in [1.29, 1.82) is 0 Å². The summed E-state index contributed by atoms with van der Waals surface area (Å²) in [7, 11) is -2.90. The molecule has 0 amide bonds. The monoisotopic (exact) mass is 316 g/mol. The first-order valence-electron chi connectivity index (χ1n) is 7.85. The van der Waals surface area contributed by atoms with E-state index in [0.29, 0.717) is 12.0 Å². The molecular weight excluding hydrogens is 296 g/mol. The molecule has 0 N–H and O–H groups in total. The molecule has 116 valence electrons. The van der Waals surface area contributed by atoms with Gasteiger partial charge in [-0.3, -0.25) is 0 Å². The Kier molecular flexibility index (Phi) is 3.15. The Morgan fingerprint density at radius 3 is 2.59 bits per heavy atom. The summed E-state index contributed by atoms with van der Waals surface area (Å²) in [5, 5.41) is -0.150. The van der Waals surface area contributed by atoms with Crippen LogP contribution in [0.4, 0.5) is 0 Å². The van der Waals surface area contributed by atoms with Crippen LogP contribution < -0.4 is 0 Å². The zero-order valence-corrected chi connectivity index (χ0v) is 13.5. The number of imidazole rings is 1. The second kappa shape index (κ2) is 4.95. The van der Waals surface area contributed by atoms with E-state index in [-0.39, 0.29) is 5.25 Å². The normalized spacial score (nSPS) is 27.4. The molecule has 2 heterocycles. The van der Waals surface area contributed by atoms with E-state index in [1.54, 1.807) is 0 Å². The highest BCUT2D eigenvalue weighted by Crippen LogP contribution is 2.47. The molecule has 0 saturated heterocycles. The van der Waals surface area contributed by atoms with Crippen LogP contribution in [-0.4, -0.2) is 29.5 Å². The van der Waals surface area contributed by atoms with E-state index in [1.807, 2.05) is 12.5 Å². The molecule has 1 aliphatic carbocycles. The topological polar surface area (TPSA) is 52.0 Å². The van der Waals surface area contributed by atoms with E-state index < -0.39 is 9.84 Å². The molecule has 1 aliphatic heterocycles. The van der Waals surface area contributed by atoms with Crippen molar-refractivity contribution in [2.24, 2.45) is 5.92 Å². The third-order valence-electron chi connectivity index (χ3n) is 5.29. The number of hydrogen-bond donors (Lipinski definition) is 0. The van der Waals surface area contributed by atoms with Gasteiger partial charge in [-0.1, -0.05) is 24.3 Å². The third-order valence-corrected chi connectivity index (χ3v) is 6.97. The maximum atomic E-state index is 11.8. The number of fused-ring (bicyclic) bond motifs is 3. The zero-order chi connectivity index (χ0) is 15.3. The number of benzene rings is 1. The zero-order valence-electron chi connectivity index (χ0n) is 12.6. The van der Waals surface area contributed by atoms with Crippen molar-refractivity contribution < 1.29 is 8.42 Å². The van der Waals surface area contributed by atoms with Gasteiger partial charge in [0, 0.05) is 11.8 Å². The lowest BCUT2D eigenvalue weighted by molar-refractivity contribution is 0.286. The van der Waals surface area contributed by atoms with Gasteiger partial charge in [0.25, 0.3) is 0 Å². The minimum absolute atomic E-state index is 0.150. The summed E-state index contributed by atoms with van der Waals surface area (Å²) < 4.78 is 25.8. The summed E-state index contributed by atoms with van der Waals surface area (Å²) in [5.41, 5.74) is 3.82. The van der Waals surface area contributed by atoms with Crippen LogP contribution in [0.25, 0.3) is 11.3 Å². The Morgan fingerprint density at radius 1 is 1.14 bits per heavy atom. The van der Waals surface area contributed by atoms with Crippen LogP contribution in [0.1, 0.15) is 37.3 Å². The first-order chi connectivity index (χ1) is 10.6. The molecule has 22 heavy (non-hydrogen) atoms. The largest absolute Gasteiger partial charge is 0.323 e. The van der Waals surface area contributed by atoms with Crippen molar-refractivity contribution >= 4 is 9.84 Å². The van der Waals surface area contributed by atoms with Gasteiger partial charge in [-0.15, -0.1) is 0 Å². The summed E-state index contributed by atoms with van der Waals surface area (Å²) >= 11 is 0. The molecule has 5 heteroatoms. The molecule has 1 fully saturated rings. The highest BCUT2D eigenvalue weighted by Gasteiger charge is 2.37.